The van der Waals surface area contributed by atoms with Gasteiger partial charge in [0.15, 0.2) is 0 Å². The number of aryl methyl sites for hydroxylation is 2. The molecule has 1 saturated heterocycles. The molecule has 2 heterocycles. The van der Waals surface area contributed by atoms with Crippen molar-refractivity contribution in [3.8, 4) is 0 Å². The maximum atomic E-state index is 13.1. The van der Waals surface area contributed by atoms with Crippen LogP contribution in [-0.2, 0) is 27.8 Å². The number of carbonyl (C=O) groups excluding carboxylic acids is 1. The Morgan fingerprint density at radius 1 is 1.09 bits per heavy atom. The molecule has 0 radical (unpaired) electrons. The number of aromatic nitrogens is 2. The van der Waals surface area contributed by atoms with Crippen LogP contribution in [0.2, 0.25) is 0 Å². The number of fused-ring (bicyclic) bond motifs is 1. The Labute approximate surface area is 198 Å². The number of hydrogen-bond donors (Lipinski definition) is 0. The van der Waals surface area contributed by atoms with Crippen molar-refractivity contribution in [3.63, 3.8) is 0 Å². The molecule has 0 atom stereocenters. The first-order chi connectivity index (χ1) is 16.0. The highest BCUT2D eigenvalue weighted by molar-refractivity contribution is 7.89. The van der Waals surface area contributed by atoms with Crippen LogP contribution in [0, 0.1) is 0 Å². The molecule has 0 spiro atoms. The highest BCUT2D eigenvalue weighted by Gasteiger charge is 2.28. The third-order valence-corrected chi connectivity index (χ3v) is 9.08. The normalized spacial score (nSPS) is 18.2. The van der Waals surface area contributed by atoms with Crippen molar-refractivity contribution < 1.29 is 13.2 Å². The molecule has 1 saturated carbocycles. The van der Waals surface area contributed by atoms with E-state index in [1.165, 1.54) is 19.3 Å². The lowest BCUT2D eigenvalue weighted by Crippen LogP contribution is -2.41. The monoisotopic (exact) mass is 474 g/mol. The van der Waals surface area contributed by atoms with Crippen molar-refractivity contribution >= 4 is 27.0 Å². The van der Waals surface area contributed by atoms with Gasteiger partial charge in [0.25, 0.3) is 0 Å². The molecule has 1 aromatic carbocycles. The summed E-state index contributed by atoms with van der Waals surface area (Å²) in [6.45, 7) is 6.93. The van der Waals surface area contributed by atoms with Crippen LogP contribution in [-0.4, -0.2) is 58.8 Å². The van der Waals surface area contributed by atoms with Gasteiger partial charge < -0.3 is 9.47 Å². The van der Waals surface area contributed by atoms with Gasteiger partial charge in [-0.05, 0) is 57.2 Å². The van der Waals surface area contributed by atoms with E-state index in [9.17, 15) is 13.2 Å². The third-order valence-electron chi connectivity index (χ3n) is 7.19. The Morgan fingerprint density at radius 3 is 2.48 bits per heavy atom. The summed E-state index contributed by atoms with van der Waals surface area (Å²) in [7, 11) is -3.48. The minimum Gasteiger partial charge on any atom is -0.340 e. The summed E-state index contributed by atoms with van der Waals surface area (Å²) in [5.41, 5.74) is 1.64. The molecular weight excluding hydrogens is 436 g/mol. The molecule has 1 aliphatic heterocycles. The molecule has 1 aliphatic carbocycles. The zero-order valence-corrected chi connectivity index (χ0v) is 20.9. The second-order valence-corrected chi connectivity index (χ2v) is 11.4. The van der Waals surface area contributed by atoms with E-state index in [-0.39, 0.29) is 5.91 Å². The summed E-state index contributed by atoms with van der Waals surface area (Å²) < 4.78 is 29.7. The predicted molar refractivity (Wildman–Crippen MR) is 131 cm³/mol. The number of carbonyl (C=O) groups is 1. The van der Waals surface area contributed by atoms with Gasteiger partial charge in [0.05, 0.1) is 15.9 Å². The van der Waals surface area contributed by atoms with Gasteiger partial charge in [0.1, 0.15) is 5.82 Å². The van der Waals surface area contributed by atoms with Crippen LogP contribution in [0.5, 0.6) is 0 Å². The first kappa shape index (κ1) is 24.2. The van der Waals surface area contributed by atoms with Gasteiger partial charge in [-0.25, -0.2) is 13.4 Å². The van der Waals surface area contributed by atoms with E-state index in [0.717, 1.165) is 56.5 Å². The highest BCUT2D eigenvalue weighted by Crippen LogP contribution is 2.27. The van der Waals surface area contributed by atoms with Crippen molar-refractivity contribution in [1.29, 1.82) is 0 Å². The maximum Gasteiger partial charge on any atom is 0.243 e. The molecule has 8 heteroatoms. The van der Waals surface area contributed by atoms with Gasteiger partial charge in [-0.15, -0.1) is 0 Å². The first-order valence-corrected chi connectivity index (χ1v) is 14.2. The zero-order valence-electron chi connectivity index (χ0n) is 20.1. The lowest BCUT2D eigenvalue weighted by atomic mass is 9.94. The Balaban J connectivity index is 1.55. The van der Waals surface area contributed by atoms with Gasteiger partial charge >= 0.3 is 0 Å². The molecule has 0 bridgehead atoms. The second-order valence-electron chi connectivity index (χ2n) is 9.41. The summed E-state index contributed by atoms with van der Waals surface area (Å²) in [5, 5.41) is 0. The Kier molecular flexibility index (Phi) is 7.74. The molecule has 1 amide bonds. The minimum absolute atomic E-state index is 0.205. The lowest BCUT2D eigenvalue weighted by molar-refractivity contribution is -0.133. The zero-order chi connectivity index (χ0) is 23.4. The van der Waals surface area contributed by atoms with E-state index >= 15 is 0 Å². The minimum atomic E-state index is -3.48. The molecule has 182 valence electrons. The Morgan fingerprint density at radius 2 is 1.82 bits per heavy atom. The number of rotatable bonds is 9. The second kappa shape index (κ2) is 10.6. The fraction of sp³-hybridized carbons (Fsp3) is 0.680. The molecule has 2 aromatic rings. The molecule has 1 aromatic heterocycles. The quantitative estimate of drug-likeness (QED) is 0.542. The van der Waals surface area contributed by atoms with E-state index in [4.69, 9.17) is 4.98 Å². The average molecular weight is 475 g/mol. The Hall–Kier alpha value is -1.93. The summed E-state index contributed by atoms with van der Waals surface area (Å²) in [6, 6.07) is 5.68. The molecule has 0 N–H and O–H groups in total. The summed E-state index contributed by atoms with van der Waals surface area (Å²) in [5.74, 6) is 1.08. The van der Waals surface area contributed by atoms with Crippen LogP contribution >= 0.6 is 0 Å². The summed E-state index contributed by atoms with van der Waals surface area (Å²) >= 11 is 0. The van der Waals surface area contributed by atoms with Crippen molar-refractivity contribution in [3.05, 3.63) is 24.0 Å². The average Bonchev–Trinajstić information content (AvgIpc) is 3.48. The number of benzene rings is 1. The lowest BCUT2D eigenvalue weighted by Gasteiger charge is -2.33. The summed E-state index contributed by atoms with van der Waals surface area (Å²) in [4.78, 5) is 20.3. The van der Waals surface area contributed by atoms with Crippen molar-refractivity contribution in [1.82, 2.24) is 18.8 Å². The molecular formula is C25H38N4O3S. The van der Waals surface area contributed by atoms with E-state index < -0.39 is 10.0 Å². The standard InChI is InChI=1S/C25H38N4O3S/c1-3-16-29-23-13-12-21(33(31,32)27-17-8-9-18-27)19-22(23)26-24(29)14-15-25(30)28(4-2)20-10-6-5-7-11-20/h12-13,19-20H,3-11,14-18H2,1-2H3. The largest absolute Gasteiger partial charge is 0.340 e. The van der Waals surface area contributed by atoms with Crippen LogP contribution in [0.1, 0.15) is 77.5 Å². The van der Waals surface area contributed by atoms with Crippen LogP contribution < -0.4 is 0 Å². The molecule has 2 fully saturated rings. The van der Waals surface area contributed by atoms with Crippen LogP contribution in [0.25, 0.3) is 11.0 Å². The molecule has 4 rings (SSSR count). The number of hydrogen-bond acceptors (Lipinski definition) is 4. The van der Waals surface area contributed by atoms with E-state index in [1.54, 1.807) is 16.4 Å². The predicted octanol–water partition coefficient (Wildman–Crippen LogP) is 4.34. The highest BCUT2D eigenvalue weighted by atomic mass is 32.2. The van der Waals surface area contributed by atoms with Crippen molar-refractivity contribution in [2.75, 3.05) is 19.6 Å². The van der Waals surface area contributed by atoms with Crippen LogP contribution in [0.15, 0.2) is 23.1 Å². The van der Waals surface area contributed by atoms with Crippen LogP contribution in [0.3, 0.4) is 0 Å². The van der Waals surface area contributed by atoms with E-state index in [2.05, 4.69) is 23.3 Å². The van der Waals surface area contributed by atoms with Gasteiger partial charge in [-0.2, -0.15) is 4.31 Å². The number of imidazole rings is 1. The molecule has 2 aliphatic rings. The Bertz CT molecular complexity index is 1070. The van der Waals surface area contributed by atoms with Gasteiger partial charge in [-0.1, -0.05) is 26.2 Å². The smallest absolute Gasteiger partial charge is 0.243 e. The van der Waals surface area contributed by atoms with Crippen molar-refractivity contribution in [2.45, 2.75) is 95.5 Å². The molecule has 33 heavy (non-hydrogen) atoms. The molecule has 0 unspecified atom stereocenters. The van der Waals surface area contributed by atoms with Crippen LogP contribution in [0.4, 0.5) is 0 Å². The fourth-order valence-corrected chi connectivity index (χ4v) is 6.99. The maximum absolute atomic E-state index is 13.1. The summed E-state index contributed by atoms with van der Waals surface area (Å²) in [6.07, 6.45) is 9.72. The first-order valence-electron chi connectivity index (χ1n) is 12.7. The molecule has 7 nitrogen and oxygen atoms in total. The number of sulfonamides is 1. The van der Waals surface area contributed by atoms with Gasteiger partial charge in [-0.3, -0.25) is 4.79 Å². The van der Waals surface area contributed by atoms with E-state index in [1.807, 2.05) is 6.07 Å². The third kappa shape index (κ3) is 5.11. The topological polar surface area (TPSA) is 75.5 Å². The van der Waals surface area contributed by atoms with Gasteiger partial charge in [0, 0.05) is 45.1 Å². The van der Waals surface area contributed by atoms with Gasteiger partial charge in [0.2, 0.25) is 15.9 Å². The van der Waals surface area contributed by atoms with E-state index in [0.29, 0.717) is 42.4 Å². The fourth-order valence-electron chi connectivity index (χ4n) is 5.45. The number of nitrogens with zero attached hydrogens (tertiary/aromatic N) is 4. The number of amides is 1. The van der Waals surface area contributed by atoms with Crippen molar-refractivity contribution in [2.24, 2.45) is 0 Å². The SMILES string of the molecule is CCCn1c(CCC(=O)N(CC)C2CCCCC2)nc2cc(S(=O)(=O)N3CCCC3)ccc21.